The normalized spacial score (nSPS) is 30.6. The topological polar surface area (TPSA) is 492 Å². The Morgan fingerprint density at radius 1 is 0.390 bits per heavy atom. The molecule has 11 N–H and O–H groups in total. The molecule has 5 amide bonds. The highest BCUT2D eigenvalue weighted by Crippen LogP contribution is 2.64. The van der Waals surface area contributed by atoms with Crippen molar-refractivity contribution in [2.75, 3.05) is 21.3 Å². The van der Waals surface area contributed by atoms with Gasteiger partial charge in [-0.1, -0.05) is 88.4 Å². The Labute approximate surface area is 841 Å². The first-order chi connectivity index (χ1) is 68.1. The Hall–Kier alpha value is -12.2. The second-order valence-corrected chi connectivity index (χ2v) is 48.2. The summed E-state index contributed by atoms with van der Waals surface area (Å²) in [7, 11) is -12.9. The number of sulfonamides is 4. The van der Waals surface area contributed by atoms with E-state index in [-0.39, 0.29) is 5.82 Å². The van der Waals surface area contributed by atoms with E-state index < -0.39 is 265 Å². The number of nitrogens with one attached hydrogen (secondary N) is 3. The van der Waals surface area contributed by atoms with Crippen molar-refractivity contribution in [3.05, 3.63) is 205 Å². The van der Waals surface area contributed by atoms with Crippen LogP contribution < -0.4 is 51.3 Å². The number of carbonyl (C=O) groups excluding carboxylic acids is 5. The number of alkyl halides is 8. The van der Waals surface area contributed by atoms with Gasteiger partial charge in [-0.3, -0.25) is 39.1 Å². The van der Waals surface area contributed by atoms with Crippen molar-refractivity contribution in [1.82, 2.24) is 53.4 Å². The number of nitrogens with two attached hydrogens (primary N) is 4. The number of pyridine rings is 7. The molecule has 4 saturated carbocycles. The highest BCUT2D eigenvalue weighted by Gasteiger charge is 2.76. The average molecular weight is 2110 g/mol. The minimum Gasteiger partial charge on any atom is -0.481 e. The van der Waals surface area contributed by atoms with Crippen LogP contribution in [-0.2, 0) is 64.0 Å². The van der Waals surface area contributed by atoms with Gasteiger partial charge in [-0.2, -0.15) is 0 Å². The number of fused-ring (bicyclic) bond motifs is 4. The first-order valence-corrected chi connectivity index (χ1v) is 52.8. The largest absolute Gasteiger partial charge is 0.481 e. The van der Waals surface area contributed by atoms with Crippen LogP contribution in [0.5, 0.6) is 17.6 Å². The molecule has 146 heavy (non-hydrogen) atoms. The van der Waals surface area contributed by atoms with Crippen LogP contribution in [-0.4, -0.2) is 196 Å². The minimum atomic E-state index is -4.81. The van der Waals surface area contributed by atoms with Gasteiger partial charge in [0, 0.05) is 199 Å². The SMILES string of the molecule is COc1ncccc1-c1ccc(/C=C/[C@@H]2[C@@H]3[C@@H](C)N(C(=O)OC(C)(C)C)S(=O)(=O)[C@]3(CC(N)=O)CC(F)(F)[C@H]2C)nc1.COc1ncccc1-c1ccc(/C=C/[C@@H]2[C@@H]3[C@@H](C)NS(=O)(=O)[C@@]3(CC(N)=O)CC(F)(F)[C@H]2C)nc1.COc1ncccc1-c1ccc(/C=C/[C@@H]2[C@@H]3[C@@H](C)NS(=O)(=O)[C@]3(CC(N)=O)CC(F)(F)[C@H]2C)nc1.C[C@H]1NS(=O)(=O)[C@]2(CC(N)=O)CC(F)(F)[C@@H](C)[C@H](/C=C/c3ccc(-c4cccc(F)c4)cn3)[C@H]12. The van der Waals surface area contributed by atoms with Crippen LogP contribution in [0.1, 0.15) is 150 Å². The third-order valence-electron chi connectivity index (χ3n) is 29.7. The molecule has 45 heteroatoms. The van der Waals surface area contributed by atoms with Gasteiger partial charge in [0.25, 0.3) is 23.7 Å². The van der Waals surface area contributed by atoms with E-state index in [1.807, 2.05) is 30.3 Å². The molecule has 8 aliphatic rings. The van der Waals surface area contributed by atoms with E-state index in [0.29, 0.717) is 61.4 Å². The Bertz CT molecular complexity index is 6650. The van der Waals surface area contributed by atoms with Crippen molar-refractivity contribution in [2.24, 2.45) is 93.9 Å². The zero-order valence-corrected chi connectivity index (χ0v) is 85.6. The molecule has 20 atom stereocenters. The smallest absolute Gasteiger partial charge is 0.424 e. The number of rotatable bonds is 23. The summed E-state index contributed by atoms with van der Waals surface area (Å²) in [6, 6.07) is 27.8. The maximum absolute atomic E-state index is 15.7. The van der Waals surface area contributed by atoms with Crippen molar-refractivity contribution < 1.29 is 116 Å². The van der Waals surface area contributed by atoms with Gasteiger partial charge in [0.2, 0.25) is 81.4 Å². The second kappa shape index (κ2) is 41.9. The predicted octanol–water partition coefficient (Wildman–Crippen LogP) is 14.4. The van der Waals surface area contributed by atoms with Crippen molar-refractivity contribution in [1.29, 1.82) is 0 Å². The Balaban J connectivity index is 0.000000163. The van der Waals surface area contributed by atoms with Gasteiger partial charge in [0.15, 0.2) is 0 Å². The molecule has 786 valence electrons. The van der Waals surface area contributed by atoms with Crippen molar-refractivity contribution in [3.8, 4) is 62.1 Å². The molecular weight excluding hydrogens is 1990 g/mol. The number of carbonyl (C=O) groups is 5. The van der Waals surface area contributed by atoms with Crippen molar-refractivity contribution in [2.45, 2.75) is 200 Å². The van der Waals surface area contributed by atoms with E-state index in [1.54, 1.807) is 188 Å². The molecule has 16 rings (SSSR count). The summed E-state index contributed by atoms with van der Waals surface area (Å²) in [6.45, 7) is 16.6. The molecule has 8 fully saturated rings. The number of halogens is 9. The fraction of sp³-hybridized carbons (Fsp3) is 0.465. The third-order valence-corrected chi connectivity index (χ3v) is 39.2. The van der Waals surface area contributed by atoms with Crippen LogP contribution >= 0.6 is 0 Å². The van der Waals surface area contributed by atoms with E-state index in [9.17, 15) is 62.0 Å². The number of hydrogen-bond acceptors (Lipinski definition) is 24. The van der Waals surface area contributed by atoms with Gasteiger partial charge in [-0.25, -0.2) is 111 Å². The molecule has 0 bridgehead atoms. The molecule has 4 aliphatic carbocycles. The minimum absolute atomic E-state index is 0.373. The van der Waals surface area contributed by atoms with E-state index >= 15 is 35.1 Å². The van der Waals surface area contributed by atoms with E-state index in [0.717, 1.165) is 27.8 Å². The molecule has 7 aromatic heterocycles. The molecule has 0 radical (unpaired) electrons. The van der Waals surface area contributed by atoms with Gasteiger partial charge in [0.1, 0.15) is 30.4 Å². The van der Waals surface area contributed by atoms with Gasteiger partial charge in [-0.15, -0.1) is 0 Å². The number of benzene rings is 1. The average Bonchev–Trinajstić information content (AvgIpc) is 1.57. The number of methoxy groups -OCH3 is 3. The van der Waals surface area contributed by atoms with Gasteiger partial charge in [-0.05, 0) is 175 Å². The number of nitrogens with zero attached hydrogens (tertiary/aromatic N) is 8. The van der Waals surface area contributed by atoms with Crippen molar-refractivity contribution in [3.63, 3.8) is 0 Å². The zero-order chi connectivity index (χ0) is 107. The van der Waals surface area contributed by atoms with Crippen LogP contribution in [0.3, 0.4) is 0 Å². The molecule has 0 spiro atoms. The number of primary amides is 4. The fourth-order valence-electron chi connectivity index (χ4n) is 23.0. The van der Waals surface area contributed by atoms with E-state index in [1.165, 1.54) is 80.2 Å². The summed E-state index contributed by atoms with van der Waals surface area (Å²) in [4.78, 5) is 90.9. The lowest BCUT2D eigenvalue weighted by atomic mass is 9.61. The monoisotopic (exact) mass is 2110 g/mol. The molecule has 32 nitrogen and oxygen atoms in total. The first kappa shape index (κ1) is 111. The number of allylic oxidation sites excluding steroid dienone is 4. The summed E-state index contributed by atoms with van der Waals surface area (Å²) < 4.78 is 263. The van der Waals surface area contributed by atoms with Crippen LogP contribution in [0.2, 0.25) is 0 Å². The van der Waals surface area contributed by atoms with Crippen LogP contribution in [0.15, 0.2) is 177 Å². The Morgan fingerprint density at radius 2 is 0.671 bits per heavy atom. The van der Waals surface area contributed by atoms with E-state index in [2.05, 4.69) is 49.1 Å². The summed E-state index contributed by atoms with van der Waals surface area (Å²) in [6.07, 6.45) is 15.7. The van der Waals surface area contributed by atoms with Crippen LogP contribution in [0.4, 0.5) is 44.3 Å². The van der Waals surface area contributed by atoms with Gasteiger partial charge in [0.05, 0.1) is 50.1 Å². The van der Waals surface area contributed by atoms with Crippen LogP contribution in [0.25, 0.3) is 68.8 Å². The molecular formula is C101H118F9N15O17S4. The predicted molar refractivity (Wildman–Crippen MR) is 528 cm³/mol. The highest BCUT2D eigenvalue weighted by molar-refractivity contribution is 7.92. The number of ether oxygens (including phenoxy) is 4. The van der Waals surface area contributed by atoms with E-state index in [4.69, 9.17) is 41.9 Å². The fourth-order valence-corrected chi connectivity index (χ4v) is 32.6. The second-order valence-electron chi connectivity index (χ2n) is 39.9. The van der Waals surface area contributed by atoms with Crippen LogP contribution in [0, 0.1) is 76.8 Å². The number of hydrogen-bond donors (Lipinski definition) is 7. The lowest BCUT2D eigenvalue weighted by molar-refractivity contribution is -0.134. The summed E-state index contributed by atoms with van der Waals surface area (Å²) in [5, 5.41) is 0. The van der Waals surface area contributed by atoms with Crippen molar-refractivity contribution >= 4 is 94.1 Å². The lowest BCUT2D eigenvalue weighted by Crippen LogP contribution is -2.59. The standard InChI is InChI=1S/C29H36F2N4O6S.C24H26F3N3O3S.2C24H28F2N4O4S/c1-17-21(12-11-20-10-9-19(15-34-20)22-8-7-13-33-25(22)40-6)24-18(2)35(26(37)41-27(3,4)5)42(38,39)28(24,14-23(32)36)16-29(17,30)31;1-14-20(9-8-19-7-6-17(12-29-19)16-4-3-5-18(25)10-16)22-15(2)30-34(32,33)23(22,11-21(28)31)13-24(14,26)27;2*1-14-18(9-8-17-7-6-16(12-29-17)19-5-4-10-28-22(19)34-3)21-15(2)30-35(32,33)23(21,11-20(27)31)13-24(14,25)26/h7-13,15,17-18,21,24H,14,16H2,1-6H3,(H2,32,36);3-10,12,14-15,20,22,30H,11,13H2,1-2H3,(H2,28,31);2*4-10,12,14-15,18,21,30H,11,13H2,1-3H3,(H2,27,31)/b12-11+;3*9-8+/t17-,18+,21-,24-,28+;14-,15+,20-,22-,23+;14-,15+,18-,21-,23+;14-,15+,18-,21-,23-/m0000/s1. The lowest BCUT2D eigenvalue weighted by Gasteiger charge is -2.48. The zero-order valence-electron chi connectivity index (χ0n) is 82.3. The molecule has 4 aliphatic heterocycles. The molecule has 4 saturated heterocycles. The Kier molecular flexibility index (Phi) is 31.8. The maximum atomic E-state index is 15.7. The first-order valence-electron chi connectivity index (χ1n) is 46.9. The summed E-state index contributed by atoms with van der Waals surface area (Å²) in [5.74, 6) is -28.1. The molecule has 0 unspecified atom stereocenters. The molecule has 8 aromatic rings. The molecule has 1 aromatic carbocycles. The molecule has 11 heterocycles. The Morgan fingerprint density at radius 3 is 0.938 bits per heavy atom. The highest BCUT2D eigenvalue weighted by atomic mass is 32.2. The third kappa shape index (κ3) is 21.7. The number of amides is 5. The maximum Gasteiger partial charge on any atom is 0.424 e. The summed E-state index contributed by atoms with van der Waals surface area (Å²) in [5.41, 5.74) is 28.2. The number of aromatic nitrogens is 7. The summed E-state index contributed by atoms with van der Waals surface area (Å²) >= 11 is 0. The quantitative estimate of drug-likeness (QED) is 0.0292. The van der Waals surface area contributed by atoms with Gasteiger partial charge >= 0.3 is 6.09 Å². The van der Waals surface area contributed by atoms with Gasteiger partial charge < -0.3 is 41.9 Å².